The van der Waals surface area contributed by atoms with Gasteiger partial charge in [0, 0.05) is 25.1 Å². The topological polar surface area (TPSA) is 115 Å². The number of rotatable bonds is 9. The number of nitrogens with one attached hydrogen (secondary N) is 1. The van der Waals surface area contributed by atoms with Crippen LogP contribution in [-0.2, 0) is 27.8 Å². The first-order valence-corrected chi connectivity index (χ1v) is 12.1. The van der Waals surface area contributed by atoms with E-state index in [1.165, 1.54) is 23.0 Å². The van der Waals surface area contributed by atoms with Crippen LogP contribution in [0.5, 0.6) is 5.75 Å². The molecule has 3 rings (SSSR count). The van der Waals surface area contributed by atoms with Crippen LogP contribution in [0.1, 0.15) is 18.9 Å². The van der Waals surface area contributed by atoms with Crippen molar-refractivity contribution in [2.45, 2.75) is 31.2 Å². The lowest BCUT2D eigenvalue weighted by Gasteiger charge is -2.25. The summed E-state index contributed by atoms with van der Waals surface area (Å²) in [6, 6.07) is 20.4. The fourth-order valence-electron chi connectivity index (χ4n) is 3.28. The van der Waals surface area contributed by atoms with Crippen LogP contribution in [-0.4, -0.2) is 35.1 Å². The number of carbonyl (C=O) groups is 1. The van der Waals surface area contributed by atoms with Crippen molar-refractivity contribution >= 4 is 15.7 Å². The molecule has 0 saturated heterocycles. The second kappa shape index (κ2) is 10.0. The molecule has 1 amide bonds. The third-order valence-electron chi connectivity index (χ3n) is 5.66. The molecule has 0 spiro atoms. The molecule has 9 heteroatoms. The summed E-state index contributed by atoms with van der Waals surface area (Å²) < 4.78 is 29.4. The standard InChI is InChI=1S/C24H26N2O6S/c1-24(23(28)25-29,33(2,30)31)13-15-26-14-12-20(16-22(26)27)19-8-10-21(11-9-19)32-17-18-6-4-3-5-7-18/h3-12,14,16,29H,13,15,17H2,1-2H3,(H,25,28)/t24-/m1/s1. The molecule has 0 aliphatic heterocycles. The van der Waals surface area contributed by atoms with Crippen molar-refractivity contribution in [3.63, 3.8) is 0 Å². The Morgan fingerprint density at radius 1 is 1.06 bits per heavy atom. The van der Waals surface area contributed by atoms with Gasteiger partial charge in [0.15, 0.2) is 14.6 Å². The summed E-state index contributed by atoms with van der Waals surface area (Å²) in [5, 5.41) is 8.92. The van der Waals surface area contributed by atoms with Crippen LogP contribution in [0, 0.1) is 0 Å². The quantitative estimate of drug-likeness (QED) is 0.367. The monoisotopic (exact) mass is 470 g/mol. The second-order valence-corrected chi connectivity index (χ2v) is 10.4. The minimum atomic E-state index is -3.84. The maximum absolute atomic E-state index is 12.6. The number of sulfone groups is 1. The van der Waals surface area contributed by atoms with Crippen LogP contribution in [0.4, 0.5) is 0 Å². The minimum absolute atomic E-state index is 0.0115. The highest BCUT2D eigenvalue weighted by molar-refractivity contribution is 7.92. The molecule has 174 valence electrons. The number of benzene rings is 2. The number of amides is 1. The first-order chi connectivity index (χ1) is 15.6. The van der Waals surface area contributed by atoms with Gasteiger partial charge in [-0.3, -0.25) is 14.8 Å². The number of nitrogens with zero attached hydrogens (tertiary/aromatic N) is 1. The van der Waals surface area contributed by atoms with Crippen molar-refractivity contribution in [1.29, 1.82) is 0 Å². The fraction of sp³-hybridized carbons (Fsp3) is 0.250. The van der Waals surface area contributed by atoms with E-state index >= 15 is 0 Å². The predicted molar refractivity (Wildman–Crippen MR) is 125 cm³/mol. The van der Waals surface area contributed by atoms with Crippen LogP contribution >= 0.6 is 0 Å². The van der Waals surface area contributed by atoms with E-state index in [1.54, 1.807) is 12.3 Å². The molecule has 8 nitrogen and oxygen atoms in total. The lowest BCUT2D eigenvalue weighted by Crippen LogP contribution is -2.49. The Kier molecular flexibility index (Phi) is 7.35. The normalized spacial score (nSPS) is 13.2. The summed E-state index contributed by atoms with van der Waals surface area (Å²) in [6.07, 6.45) is 2.29. The summed E-state index contributed by atoms with van der Waals surface area (Å²) in [7, 11) is -3.84. The van der Waals surface area contributed by atoms with Crippen LogP contribution in [0.25, 0.3) is 11.1 Å². The largest absolute Gasteiger partial charge is 0.489 e. The Labute approximate surface area is 192 Å². The zero-order valence-electron chi connectivity index (χ0n) is 18.4. The van der Waals surface area contributed by atoms with Gasteiger partial charge in [-0.2, -0.15) is 0 Å². The third-order valence-corrected chi connectivity index (χ3v) is 7.69. The molecule has 0 aliphatic rings. The maximum Gasteiger partial charge on any atom is 0.264 e. The zero-order chi connectivity index (χ0) is 24.1. The van der Waals surface area contributed by atoms with Gasteiger partial charge in [-0.25, -0.2) is 13.9 Å². The van der Waals surface area contributed by atoms with Crippen molar-refractivity contribution in [3.8, 4) is 16.9 Å². The molecular weight excluding hydrogens is 444 g/mol. The average molecular weight is 471 g/mol. The number of ether oxygens (including phenoxy) is 1. The first-order valence-electron chi connectivity index (χ1n) is 10.3. The van der Waals surface area contributed by atoms with Crippen molar-refractivity contribution in [1.82, 2.24) is 10.0 Å². The average Bonchev–Trinajstić information content (AvgIpc) is 2.81. The summed E-state index contributed by atoms with van der Waals surface area (Å²) in [5.41, 5.74) is 3.65. The first kappa shape index (κ1) is 24.2. The van der Waals surface area contributed by atoms with Crippen LogP contribution in [0.3, 0.4) is 0 Å². The van der Waals surface area contributed by atoms with Crippen molar-refractivity contribution < 1.29 is 23.2 Å². The predicted octanol–water partition coefficient (Wildman–Crippen LogP) is 2.79. The number of hydrogen-bond acceptors (Lipinski definition) is 6. The Morgan fingerprint density at radius 2 is 1.73 bits per heavy atom. The van der Waals surface area contributed by atoms with Gasteiger partial charge < -0.3 is 9.30 Å². The lowest BCUT2D eigenvalue weighted by molar-refractivity contribution is -0.131. The van der Waals surface area contributed by atoms with Gasteiger partial charge in [0.05, 0.1) is 0 Å². The molecule has 0 saturated carbocycles. The molecule has 2 N–H and O–H groups in total. The molecule has 1 atom stereocenters. The Hall–Kier alpha value is -3.43. The number of aromatic nitrogens is 1. The molecule has 33 heavy (non-hydrogen) atoms. The Bertz CT molecular complexity index is 1270. The van der Waals surface area contributed by atoms with Gasteiger partial charge in [0.2, 0.25) is 0 Å². The van der Waals surface area contributed by atoms with E-state index in [9.17, 15) is 18.0 Å². The Morgan fingerprint density at radius 3 is 2.30 bits per heavy atom. The third kappa shape index (κ3) is 5.68. The van der Waals surface area contributed by atoms with Gasteiger partial charge in [-0.1, -0.05) is 42.5 Å². The number of pyridine rings is 1. The van der Waals surface area contributed by atoms with Crippen LogP contribution in [0.15, 0.2) is 77.7 Å². The summed E-state index contributed by atoms with van der Waals surface area (Å²) in [4.78, 5) is 24.5. The maximum atomic E-state index is 12.6. The van der Waals surface area contributed by atoms with Gasteiger partial charge in [0.25, 0.3) is 11.5 Å². The van der Waals surface area contributed by atoms with Crippen LogP contribution in [0.2, 0.25) is 0 Å². The molecule has 2 aromatic carbocycles. The van der Waals surface area contributed by atoms with Gasteiger partial charge >= 0.3 is 0 Å². The molecule has 1 aromatic heterocycles. The van der Waals surface area contributed by atoms with Gasteiger partial charge in [-0.05, 0) is 48.2 Å². The molecular formula is C24H26N2O6S. The molecule has 0 unspecified atom stereocenters. The SMILES string of the molecule is C[C@@](CCn1ccc(-c2ccc(OCc3ccccc3)cc2)cc1=O)(C(=O)NO)S(C)(=O)=O. The van der Waals surface area contributed by atoms with E-state index in [4.69, 9.17) is 9.94 Å². The van der Waals surface area contributed by atoms with Gasteiger partial charge in [0.1, 0.15) is 12.4 Å². The zero-order valence-corrected chi connectivity index (χ0v) is 19.2. The smallest absolute Gasteiger partial charge is 0.264 e. The van der Waals surface area contributed by atoms with E-state index in [0.29, 0.717) is 17.9 Å². The van der Waals surface area contributed by atoms with E-state index in [-0.39, 0.29) is 18.5 Å². The fourth-order valence-corrected chi connectivity index (χ4v) is 4.12. The molecule has 0 aliphatic carbocycles. The minimum Gasteiger partial charge on any atom is -0.489 e. The highest BCUT2D eigenvalue weighted by Gasteiger charge is 2.43. The van der Waals surface area contributed by atoms with E-state index in [1.807, 2.05) is 54.6 Å². The second-order valence-electron chi connectivity index (χ2n) is 7.94. The molecule has 0 bridgehead atoms. The summed E-state index contributed by atoms with van der Waals surface area (Å²) in [5.74, 6) is -0.331. The number of hydrogen-bond donors (Lipinski definition) is 2. The van der Waals surface area contributed by atoms with E-state index < -0.39 is 20.5 Å². The van der Waals surface area contributed by atoms with Crippen LogP contribution < -0.4 is 15.8 Å². The molecule has 0 radical (unpaired) electrons. The van der Waals surface area contributed by atoms with E-state index in [2.05, 4.69) is 0 Å². The highest BCUT2D eigenvalue weighted by Crippen LogP contribution is 2.24. The number of hydroxylamine groups is 1. The van der Waals surface area contributed by atoms with Crippen molar-refractivity contribution in [3.05, 3.63) is 88.8 Å². The summed E-state index contributed by atoms with van der Waals surface area (Å²) in [6.45, 7) is 1.66. The highest BCUT2D eigenvalue weighted by atomic mass is 32.2. The summed E-state index contributed by atoms with van der Waals surface area (Å²) >= 11 is 0. The molecule has 3 aromatic rings. The number of aryl methyl sites for hydroxylation is 1. The Balaban J connectivity index is 1.70. The molecule has 0 fully saturated rings. The lowest BCUT2D eigenvalue weighted by atomic mass is 10.1. The van der Waals surface area contributed by atoms with Crippen molar-refractivity contribution in [2.75, 3.05) is 6.26 Å². The van der Waals surface area contributed by atoms with E-state index in [0.717, 1.165) is 17.4 Å². The number of carbonyl (C=O) groups excluding carboxylic acids is 1. The molecule has 1 heterocycles. The van der Waals surface area contributed by atoms with Gasteiger partial charge in [-0.15, -0.1) is 0 Å². The van der Waals surface area contributed by atoms with Crippen molar-refractivity contribution in [2.24, 2.45) is 0 Å².